The van der Waals surface area contributed by atoms with E-state index in [9.17, 15) is 4.79 Å². The number of piperidine rings is 1. The molecule has 0 bridgehead atoms. The van der Waals surface area contributed by atoms with Crippen LogP contribution in [0.3, 0.4) is 0 Å². The predicted octanol–water partition coefficient (Wildman–Crippen LogP) is 3.80. The maximum absolute atomic E-state index is 11.5. The van der Waals surface area contributed by atoms with Crippen molar-refractivity contribution in [2.75, 3.05) is 23.7 Å². The number of rotatable bonds is 2. The monoisotopic (exact) mass is 280 g/mol. The van der Waals surface area contributed by atoms with Gasteiger partial charge in [0, 0.05) is 20.0 Å². The van der Waals surface area contributed by atoms with E-state index in [0.717, 1.165) is 24.0 Å². The molecule has 106 valence electrons. The summed E-state index contributed by atoms with van der Waals surface area (Å²) in [6, 6.07) is 1.96. The Morgan fingerprint density at radius 2 is 1.95 bits per heavy atom. The van der Waals surface area contributed by atoms with Crippen LogP contribution in [-0.2, 0) is 0 Å². The van der Waals surface area contributed by atoms with Gasteiger partial charge in [-0.1, -0.05) is 20.8 Å². The Morgan fingerprint density at radius 1 is 1.37 bits per heavy atom. The number of Topliss-reactive ketones (excluding diaryl/α,β-unsaturated/α-hetero) is 1. The molecular formula is C15H24N2OS. The highest BCUT2D eigenvalue weighted by Gasteiger charge is 2.29. The van der Waals surface area contributed by atoms with Crippen LogP contribution in [0.2, 0.25) is 0 Å². The summed E-state index contributed by atoms with van der Waals surface area (Å²) in [5.74, 6) is 0.853. The summed E-state index contributed by atoms with van der Waals surface area (Å²) in [4.78, 5) is 14.5. The first-order chi connectivity index (χ1) is 8.79. The largest absolute Gasteiger partial charge is 0.397 e. The van der Waals surface area contributed by atoms with Gasteiger partial charge in [0.25, 0.3) is 0 Å². The average molecular weight is 280 g/mol. The van der Waals surface area contributed by atoms with Crippen LogP contribution in [0, 0.1) is 11.3 Å². The van der Waals surface area contributed by atoms with Crippen LogP contribution >= 0.6 is 11.3 Å². The van der Waals surface area contributed by atoms with Crippen molar-refractivity contribution in [2.45, 2.75) is 40.5 Å². The number of carbonyl (C=O) groups excluding carboxylic acids is 1. The van der Waals surface area contributed by atoms with Crippen LogP contribution in [0.25, 0.3) is 0 Å². The molecule has 3 nitrogen and oxygen atoms in total. The first-order valence-corrected chi connectivity index (χ1v) is 7.76. The van der Waals surface area contributed by atoms with Crippen molar-refractivity contribution >= 4 is 27.8 Å². The van der Waals surface area contributed by atoms with Gasteiger partial charge < -0.3 is 10.6 Å². The van der Waals surface area contributed by atoms with E-state index in [0.29, 0.717) is 16.0 Å². The lowest BCUT2D eigenvalue weighted by atomic mass is 9.75. The smallest absolute Gasteiger partial charge is 0.171 e. The molecule has 19 heavy (non-hydrogen) atoms. The summed E-state index contributed by atoms with van der Waals surface area (Å²) < 4.78 is 0. The second-order valence-electron chi connectivity index (χ2n) is 6.55. The standard InChI is InChI=1S/C15H24N2OS/c1-10(18)14-12(16)9-13(19-14)17-7-5-11(6-8-17)15(2,3)4/h9,11H,5-8,16H2,1-4H3. The van der Waals surface area contributed by atoms with Crippen molar-refractivity contribution in [2.24, 2.45) is 11.3 Å². The van der Waals surface area contributed by atoms with E-state index in [1.807, 2.05) is 6.07 Å². The molecule has 0 unspecified atom stereocenters. The zero-order chi connectivity index (χ0) is 14.2. The lowest BCUT2D eigenvalue weighted by molar-refractivity contribution is 0.102. The van der Waals surface area contributed by atoms with Gasteiger partial charge in [-0.2, -0.15) is 0 Å². The number of anilines is 2. The zero-order valence-corrected chi connectivity index (χ0v) is 13.1. The lowest BCUT2D eigenvalue weighted by Gasteiger charge is -2.39. The van der Waals surface area contributed by atoms with Crippen LogP contribution in [-0.4, -0.2) is 18.9 Å². The summed E-state index contributed by atoms with van der Waals surface area (Å²) in [6.45, 7) is 10.7. The quantitative estimate of drug-likeness (QED) is 0.838. The number of thiophene rings is 1. The Hall–Kier alpha value is -1.03. The fourth-order valence-electron chi connectivity index (χ4n) is 2.79. The van der Waals surface area contributed by atoms with Gasteiger partial charge in [0.15, 0.2) is 5.78 Å². The van der Waals surface area contributed by atoms with Crippen molar-refractivity contribution in [1.82, 2.24) is 0 Å². The molecule has 2 heterocycles. The highest BCUT2D eigenvalue weighted by Crippen LogP contribution is 2.38. The van der Waals surface area contributed by atoms with Gasteiger partial charge >= 0.3 is 0 Å². The molecule has 4 heteroatoms. The molecule has 0 aromatic carbocycles. The third-order valence-electron chi connectivity index (χ3n) is 4.10. The minimum atomic E-state index is 0.0679. The number of nitrogens with zero attached hydrogens (tertiary/aromatic N) is 1. The molecule has 0 saturated carbocycles. The topological polar surface area (TPSA) is 46.3 Å². The van der Waals surface area contributed by atoms with Gasteiger partial charge in [0.2, 0.25) is 0 Å². The molecule has 0 spiro atoms. The summed E-state index contributed by atoms with van der Waals surface area (Å²) >= 11 is 1.53. The van der Waals surface area contributed by atoms with Crippen molar-refractivity contribution in [1.29, 1.82) is 0 Å². The molecule has 2 N–H and O–H groups in total. The number of hydrogen-bond donors (Lipinski definition) is 1. The Bertz CT molecular complexity index is 465. The molecule has 1 fully saturated rings. The van der Waals surface area contributed by atoms with Crippen LogP contribution in [0.1, 0.15) is 50.2 Å². The van der Waals surface area contributed by atoms with Crippen LogP contribution in [0.15, 0.2) is 6.07 Å². The first kappa shape index (κ1) is 14.4. The molecular weight excluding hydrogens is 256 g/mol. The number of ketones is 1. The summed E-state index contributed by atoms with van der Waals surface area (Å²) in [5.41, 5.74) is 6.93. The lowest BCUT2D eigenvalue weighted by Crippen LogP contribution is -2.37. The second kappa shape index (κ2) is 5.16. The molecule has 1 aliphatic heterocycles. The number of carbonyl (C=O) groups is 1. The maximum Gasteiger partial charge on any atom is 0.171 e. The molecule has 1 aliphatic rings. The molecule has 0 amide bonds. The highest BCUT2D eigenvalue weighted by molar-refractivity contribution is 7.18. The summed E-state index contributed by atoms with van der Waals surface area (Å²) in [5, 5.41) is 1.15. The Morgan fingerprint density at radius 3 is 2.37 bits per heavy atom. The molecule has 1 aromatic rings. The molecule has 0 atom stereocenters. The van der Waals surface area contributed by atoms with Gasteiger partial charge in [0.05, 0.1) is 15.6 Å². The fourth-order valence-corrected chi connectivity index (χ4v) is 3.82. The Kier molecular flexibility index (Phi) is 3.90. The van der Waals surface area contributed by atoms with Crippen molar-refractivity contribution in [3.8, 4) is 0 Å². The van der Waals surface area contributed by atoms with E-state index >= 15 is 0 Å². The molecule has 0 aliphatic carbocycles. The zero-order valence-electron chi connectivity index (χ0n) is 12.3. The highest BCUT2D eigenvalue weighted by atomic mass is 32.1. The van der Waals surface area contributed by atoms with Gasteiger partial charge in [-0.15, -0.1) is 11.3 Å². The average Bonchev–Trinajstić information content (AvgIpc) is 2.70. The van der Waals surface area contributed by atoms with E-state index < -0.39 is 0 Å². The second-order valence-corrected chi connectivity index (χ2v) is 7.58. The van der Waals surface area contributed by atoms with Gasteiger partial charge in [-0.05, 0) is 30.2 Å². The van der Waals surface area contributed by atoms with E-state index in [4.69, 9.17) is 5.73 Å². The SMILES string of the molecule is CC(=O)c1sc(N2CCC(C(C)(C)C)CC2)cc1N. The minimum absolute atomic E-state index is 0.0679. The third kappa shape index (κ3) is 3.11. The van der Waals surface area contributed by atoms with Crippen molar-refractivity contribution in [3.05, 3.63) is 10.9 Å². The third-order valence-corrected chi connectivity index (χ3v) is 5.41. The normalized spacial score (nSPS) is 17.8. The number of hydrogen-bond acceptors (Lipinski definition) is 4. The van der Waals surface area contributed by atoms with Crippen LogP contribution in [0.4, 0.5) is 10.7 Å². The molecule has 1 aromatic heterocycles. The Balaban J connectivity index is 2.06. The maximum atomic E-state index is 11.5. The van der Waals surface area contributed by atoms with Crippen molar-refractivity contribution in [3.63, 3.8) is 0 Å². The van der Waals surface area contributed by atoms with Gasteiger partial charge in [-0.25, -0.2) is 0 Å². The number of nitrogen functional groups attached to an aromatic ring is 1. The summed E-state index contributed by atoms with van der Waals surface area (Å²) in [6.07, 6.45) is 2.44. The fraction of sp³-hybridized carbons (Fsp3) is 0.667. The first-order valence-electron chi connectivity index (χ1n) is 6.94. The van der Waals surface area contributed by atoms with E-state index in [1.165, 1.54) is 24.2 Å². The van der Waals surface area contributed by atoms with Gasteiger partial charge in [0.1, 0.15) is 0 Å². The van der Waals surface area contributed by atoms with E-state index in [-0.39, 0.29) is 5.78 Å². The Labute approximate surface area is 119 Å². The molecule has 2 rings (SSSR count). The van der Waals surface area contributed by atoms with E-state index in [1.54, 1.807) is 6.92 Å². The van der Waals surface area contributed by atoms with Crippen molar-refractivity contribution < 1.29 is 4.79 Å². The molecule has 1 saturated heterocycles. The summed E-state index contributed by atoms with van der Waals surface area (Å²) in [7, 11) is 0. The molecule has 0 radical (unpaired) electrons. The van der Waals surface area contributed by atoms with Gasteiger partial charge in [-0.3, -0.25) is 4.79 Å². The predicted molar refractivity (Wildman–Crippen MR) is 83.1 cm³/mol. The number of nitrogens with two attached hydrogens (primary N) is 1. The van der Waals surface area contributed by atoms with Crippen LogP contribution < -0.4 is 10.6 Å². The minimum Gasteiger partial charge on any atom is -0.397 e. The van der Waals surface area contributed by atoms with Crippen LogP contribution in [0.5, 0.6) is 0 Å². The van der Waals surface area contributed by atoms with E-state index in [2.05, 4.69) is 25.7 Å².